The molecule has 0 fully saturated rings. The minimum atomic E-state index is -0.375. The van der Waals surface area contributed by atoms with E-state index < -0.39 is 0 Å². The minimum Gasteiger partial charge on any atom is -0.369 e. The summed E-state index contributed by atoms with van der Waals surface area (Å²) in [6.45, 7) is 1.49. The molecule has 0 aromatic heterocycles. The molecule has 2 rings (SSSR count). The Hall–Kier alpha value is -3.28. The van der Waals surface area contributed by atoms with Gasteiger partial charge in [0.05, 0.1) is 12.1 Å². The third kappa shape index (κ3) is 7.70. The van der Waals surface area contributed by atoms with E-state index in [4.69, 9.17) is 5.73 Å². The van der Waals surface area contributed by atoms with Crippen LogP contribution in [-0.2, 0) is 20.8 Å². The lowest BCUT2D eigenvalue weighted by Gasteiger charge is -2.18. The van der Waals surface area contributed by atoms with Gasteiger partial charge in [0, 0.05) is 26.1 Å². The van der Waals surface area contributed by atoms with E-state index in [1.54, 1.807) is 19.2 Å². The number of aliphatic imine (C=N–C) groups is 1. The molecule has 0 heterocycles. The van der Waals surface area contributed by atoms with Crippen LogP contribution in [-0.4, -0.2) is 30.4 Å². The SMILES string of the molecule is CN=C(/C=C\C(=O)CCC1C=CC=C(NC(C)=O)C1)c1ccc(CC(N)=O)cc1. The van der Waals surface area contributed by atoms with Crippen LogP contribution in [0.4, 0.5) is 0 Å². The molecular weight excluding hydrogens is 366 g/mol. The Morgan fingerprint density at radius 1 is 1.21 bits per heavy atom. The molecule has 1 aromatic rings. The monoisotopic (exact) mass is 393 g/mol. The molecule has 1 atom stereocenters. The molecule has 3 N–H and O–H groups in total. The first-order valence-corrected chi connectivity index (χ1v) is 9.57. The van der Waals surface area contributed by atoms with Crippen LogP contribution < -0.4 is 11.1 Å². The van der Waals surface area contributed by atoms with Crippen molar-refractivity contribution in [2.45, 2.75) is 32.6 Å². The predicted molar refractivity (Wildman–Crippen MR) is 114 cm³/mol. The maximum atomic E-state index is 12.3. The van der Waals surface area contributed by atoms with Crippen LogP contribution in [0.25, 0.3) is 0 Å². The molecule has 1 aromatic carbocycles. The summed E-state index contributed by atoms with van der Waals surface area (Å²) in [5, 5.41) is 2.81. The van der Waals surface area contributed by atoms with Gasteiger partial charge in [-0.1, -0.05) is 36.4 Å². The van der Waals surface area contributed by atoms with Crippen molar-refractivity contribution in [1.82, 2.24) is 5.32 Å². The lowest BCUT2D eigenvalue weighted by Crippen LogP contribution is -2.22. The first kappa shape index (κ1) is 22.0. The highest BCUT2D eigenvalue weighted by molar-refractivity contribution is 6.11. The molecule has 6 heteroatoms. The van der Waals surface area contributed by atoms with Gasteiger partial charge in [0.1, 0.15) is 0 Å². The highest BCUT2D eigenvalue weighted by atomic mass is 16.1. The van der Waals surface area contributed by atoms with Crippen LogP contribution in [0.2, 0.25) is 0 Å². The van der Waals surface area contributed by atoms with Gasteiger partial charge in [-0.05, 0) is 48.1 Å². The summed E-state index contributed by atoms with van der Waals surface area (Å²) < 4.78 is 0. The molecule has 29 heavy (non-hydrogen) atoms. The van der Waals surface area contributed by atoms with Crippen LogP contribution in [0, 0.1) is 5.92 Å². The van der Waals surface area contributed by atoms with Crippen molar-refractivity contribution in [2.24, 2.45) is 16.6 Å². The van der Waals surface area contributed by atoms with E-state index in [2.05, 4.69) is 16.4 Å². The summed E-state index contributed by atoms with van der Waals surface area (Å²) in [6, 6.07) is 7.38. The average Bonchev–Trinajstić information content (AvgIpc) is 2.67. The fourth-order valence-electron chi connectivity index (χ4n) is 3.14. The number of allylic oxidation sites excluding steroid dienone is 6. The van der Waals surface area contributed by atoms with Crippen molar-refractivity contribution in [3.8, 4) is 0 Å². The van der Waals surface area contributed by atoms with Crippen molar-refractivity contribution in [2.75, 3.05) is 7.05 Å². The predicted octanol–water partition coefficient (Wildman–Crippen LogP) is 2.63. The van der Waals surface area contributed by atoms with Crippen molar-refractivity contribution in [1.29, 1.82) is 0 Å². The van der Waals surface area contributed by atoms with Crippen molar-refractivity contribution >= 4 is 23.3 Å². The topological polar surface area (TPSA) is 102 Å². The number of rotatable bonds is 9. The zero-order valence-corrected chi connectivity index (χ0v) is 16.9. The lowest BCUT2D eigenvalue weighted by molar-refractivity contribution is -0.118. The summed E-state index contributed by atoms with van der Waals surface area (Å²) in [5.41, 5.74) is 8.48. The summed E-state index contributed by atoms with van der Waals surface area (Å²) >= 11 is 0. The second-order valence-corrected chi connectivity index (χ2v) is 7.01. The van der Waals surface area contributed by atoms with Gasteiger partial charge in [-0.3, -0.25) is 19.4 Å². The smallest absolute Gasteiger partial charge is 0.221 e. The highest BCUT2D eigenvalue weighted by Crippen LogP contribution is 2.21. The van der Waals surface area contributed by atoms with Crippen LogP contribution in [0.3, 0.4) is 0 Å². The second kappa shape index (κ2) is 10.9. The van der Waals surface area contributed by atoms with E-state index in [1.807, 2.05) is 36.4 Å². The van der Waals surface area contributed by atoms with E-state index >= 15 is 0 Å². The molecule has 1 aliphatic carbocycles. The van der Waals surface area contributed by atoms with Crippen molar-refractivity contribution in [3.05, 3.63) is 71.5 Å². The molecule has 0 spiro atoms. The van der Waals surface area contributed by atoms with Gasteiger partial charge in [0.15, 0.2) is 5.78 Å². The van der Waals surface area contributed by atoms with Gasteiger partial charge in [-0.2, -0.15) is 0 Å². The first-order valence-electron chi connectivity index (χ1n) is 9.57. The molecule has 0 aliphatic heterocycles. The molecule has 0 saturated carbocycles. The maximum absolute atomic E-state index is 12.3. The fourth-order valence-corrected chi connectivity index (χ4v) is 3.14. The number of hydrogen-bond donors (Lipinski definition) is 2. The van der Waals surface area contributed by atoms with E-state index in [9.17, 15) is 14.4 Å². The molecule has 2 amide bonds. The summed E-state index contributed by atoms with van der Waals surface area (Å²) in [4.78, 5) is 38.7. The van der Waals surface area contributed by atoms with Gasteiger partial charge in [-0.25, -0.2) is 0 Å². The number of primary amides is 1. The largest absolute Gasteiger partial charge is 0.369 e. The Labute approximate surface area is 171 Å². The Balaban J connectivity index is 1.87. The molecule has 1 aliphatic rings. The highest BCUT2D eigenvalue weighted by Gasteiger charge is 2.13. The zero-order chi connectivity index (χ0) is 21.2. The standard InChI is InChI=1S/C23H27N3O3/c1-16(27)26-20-5-3-4-17(14-20)8-11-21(28)12-13-22(25-2)19-9-6-18(7-10-19)15-23(24)29/h3-7,9-10,12-13,17H,8,11,14-15H2,1-2H3,(H2,24,29)(H,26,27)/b13-12-,25-22?. The summed E-state index contributed by atoms with van der Waals surface area (Å²) in [6.07, 6.45) is 11.2. The van der Waals surface area contributed by atoms with Crippen LogP contribution in [0.15, 0.2) is 65.3 Å². The van der Waals surface area contributed by atoms with Crippen LogP contribution in [0.5, 0.6) is 0 Å². The fraction of sp³-hybridized carbons (Fsp3) is 0.304. The number of nitrogens with two attached hydrogens (primary N) is 1. The lowest BCUT2D eigenvalue weighted by atomic mass is 9.92. The molecule has 0 bridgehead atoms. The number of hydrogen-bond acceptors (Lipinski definition) is 4. The van der Waals surface area contributed by atoms with Gasteiger partial charge in [-0.15, -0.1) is 0 Å². The molecule has 1 unspecified atom stereocenters. The van der Waals surface area contributed by atoms with E-state index in [1.165, 1.54) is 6.92 Å². The average molecular weight is 393 g/mol. The quantitative estimate of drug-likeness (QED) is 0.498. The van der Waals surface area contributed by atoms with Crippen molar-refractivity contribution in [3.63, 3.8) is 0 Å². The number of ketones is 1. The summed E-state index contributed by atoms with van der Waals surface area (Å²) in [7, 11) is 1.67. The normalized spacial score (nSPS) is 16.6. The van der Waals surface area contributed by atoms with Gasteiger partial charge in [0.25, 0.3) is 0 Å². The number of amides is 2. The second-order valence-electron chi connectivity index (χ2n) is 7.01. The van der Waals surface area contributed by atoms with Gasteiger partial charge >= 0.3 is 0 Å². The van der Waals surface area contributed by atoms with E-state index in [-0.39, 0.29) is 29.9 Å². The number of carbonyl (C=O) groups is 3. The Morgan fingerprint density at radius 2 is 1.93 bits per heavy atom. The number of nitrogens with one attached hydrogen (secondary N) is 1. The number of benzene rings is 1. The number of carbonyl (C=O) groups excluding carboxylic acids is 3. The maximum Gasteiger partial charge on any atom is 0.221 e. The van der Waals surface area contributed by atoms with Crippen LogP contribution in [0.1, 0.15) is 37.3 Å². The molecular formula is C23H27N3O3. The Morgan fingerprint density at radius 3 is 2.55 bits per heavy atom. The number of nitrogens with zero attached hydrogens (tertiary/aromatic N) is 1. The minimum absolute atomic E-state index is 0.0283. The van der Waals surface area contributed by atoms with Crippen molar-refractivity contribution < 1.29 is 14.4 Å². The van der Waals surface area contributed by atoms with E-state index in [0.29, 0.717) is 12.1 Å². The Kier molecular flexibility index (Phi) is 8.27. The zero-order valence-electron chi connectivity index (χ0n) is 16.9. The molecule has 0 saturated heterocycles. The Bertz CT molecular complexity index is 877. The van der Waals surface area contributed by atoms with Crippen LogP contribution >= 0.6 is 0 Å². The first-order chi connectivity index (χ1) is 13.9. The molecule has 6 nitrogen and oxygen atoms in total. The third-order valence-corrected chi connectivity index (χ3v) is 4.56. The molecule has 152 valence electrons. The third-order valence-electron chi connectivity index (χ3n) is 4.56. The van der Waals surface area contributed by atoms with E-state index in [0.717, 1.165) is 29.7 Å². The summed E-state index contributed by atoms with van der Waals surface area (Å²) in [5.74, 6) is -0.199. The van der Waals surface area contributed by atoms with Gasteiger partial charge < -0.3 is 11.1 Å². The molecule has 0 radical (unpaired) electrons. The van der Waals surface area contributed by atoms with Gasteiger partial charge in [0.2, 0.25) is 11.8 Å².